The molecule has 0 amide bonds. The lowest BCUT2D eigenvalue weighted by Gasteiger charge is -2.31. The first-order valence-corrected chi connectivity index (χ1v) is 9.01. The first kappa shape index (κ1) is 18.4. The summed E-state index contributed by atoms with van der Waals surface area (Å²) in [6, 6.07) is 4.72. The van der Waals surface area contributed by atoms with E-state index < -0.39 is 4.92 Å². The van der Waals surface area contributed by atoms with Crippen LogP contribution in [-0.4, -0.2) is 16.9 Å². The second-order valence-corrected chi connectivity index (χ2v) is 6.80. The maximum Gasteiger partial charge on any atom is 0.274 e. The fraction of sp³-hybridized carbons (Fsp3) is 0.600. The van der Waals surface area contributed by atoms with Crippen molar-refractivity contribution in [3.05, 3.63) is 32.8 Å². The van der Waals surface area contributed by atoms with Crippen molar-refractivity contribution < 1.29 is 9.66 Å². The molecule has 0 unspecified atom stereocenters. The van der Waals surface area contributed by atoms with E-state index in [1.165, 1.54) is 12.1 Å². The Bertz CT molecular complexity index is 474. The summed E-state index contributed by atoms with van der Waals surface area (Å²) in [5.41, 5.74) is 0.121. The third-order valence-electron chi connectivity index (χ3n) is 3.46. The summed E-state index contributed by atoms with van der Waals surface area (Å²) >= 11 is 6.89. The van der Waals surface area contributed by atoms with Gasteiger partial charge in [-0.3, -0.25) is 10.1 Å². The van der Waals surface area contributed by atoms with E-state index in [4.69, 9.17) is 4.74 Å². The molecule has 0 spiro atoms. The molecule has 0 bridgehead atoms. The SMILES string of the molecule is CCCC(CBr)(CCC)COc1cc(Br)cc([N+](=O)[O-])c1. The van der Waals surface area contributed by atoms with Gasteiger partial charge in [0.25, 0.3) is 5.69 Å². The molecule has 21 heavy (non-hydrogen) atoms. The molecule has 0 heterocycles. The zero-order valence-corrected chi connectivity index (χ0v) is 15.6. The van der Waals surface area contributed by atoms with Crippen molar-refractivity contribution in [3.63, 3.8) is 0 Å². The Morgan fingerprint density at radius 2 is 1.86 bits per heavy atom. The van der Waals surface area contributed by atoms with Gasteiger partial charge in [0, 0.05) is 21.3 Å². The molecule has 0 aliphatic heterocycles. The van der Waals surface area contributed by atoms with Crippen LogP contribution < -0.4 is 4.74 Å². The van der Waals surface area contributed by atoms with Crippen LogP contribution in [0.15, 0.2) is 22.7 Å². The normalized spacial score (nSPS) is 11.4. The van der Waals surface area contributed by atoms with Crippen LogP contribution in [0.25, 0.3) is 0 Å². The smallest absolute Gasteiger partial charge is 0.274 e. The van der Waals surface area contributed by atoms with Gasteiger partial charge in [0.05, 0.1) is 17.6 Å². The van der Waals surface area contributed by atoms with Crippen LogP contribution in [0.2, 0.25) is 0 Å². The molecule has 118 valence electrons. The van der Waals surface area contributed by atoms with Gasteiger partial charge in [0.2, 0.25) is 0 Å². The molecule has 0 aliphatic rings. The van der Waals surface area contributed by atoms with Gasteiger partial charge in [0.15, 0.2) is 0 Å². The summed E-state index contributed by atoms with van der Waals surface area (Å²) in [6.45, 7) is 4.89. The number of ether oxygens (including phenoxy) is 1. The minimum atomic E-state index is -0.409. The van der Waals surface area contributed by atoms with E-state index in [2.05, 4.69) is 45.7 Å². The number of benzene rings is 1. The number of alkyl halides is 1. The van der Waals surface area contributed by atoms with Gasteiger partial charge >= 0.3 is 0 Å². The third kappa shape index (κ3) is 5.58. The molecule has 6 heteroatoms. The Morgan fingerprint density at radius 1 is 1.24 bits per heavy atom. The highest BCUT2D eigenvalue weighted by Gasteiger charge is 2.28. The van der Waals surface area contributed by atoms with Crippen molar-refractivity contribution in [1.82, 2.24) is 0 Å². The van der Waals surface area contributed by atoms with Gasteiger partial charge in [-0.2, -0.15) is 0 Å². The molecule has 0 N–H and O–H groups in total. The summed E-state index contributed by atoms with van der Waals surface area (Å²) in [5, 5.41) is 11.8. The molecule has 0 saturated carbocycles. The Labute approximate surface area is 142 Å². The van der Waals surface area contributed by atoms with Gasteiger partial charge < -0.3 is 4.74 Å². The highest BCUT2D eigenvalue weighted by Crippen LogP contribution is 2.34. The van der Waals surface area contributed by atoms with E-state index >= 15 is 0 Å². The predicted octanol–water partition coefficient (Wildman–Crippen LogP) is 5.72. The molecule has 1 aromatic carbocycles. The fourth-order valence-electron chi connectivity index (χ4n) is 2.48. The summed E-state index contributed by atoms with van der Waals surface area (Å²) in [5.74, 6) is 0.536. The number of nitro benzene ring substituents is 1. The standard InChI is InChI=1S/C15H21Br2NO3/c1-3-5-15(10-16,6-4-2)11-21-14-8-12(17)7-13(9-14)18(19)20/h7-9H,3-6,10-11H2,1-2H3. The van der Waals surface area contributed by atoms with Crippen LogP contribution in [0.4, 0.5) is 5.69 Å². The molecular weight excluding hydrogens is 402 g/mol. The van der Waals surface area contributed by atoms with Gasteiger partial charge in [-0.15, -0.1) is 0 Å². The minimum Gasteiger partial charge on any atom is -0.493 e. The Kier molecular flexibility index (Phi) is 7.66. The molecule has 0 aliphatic carbocycles. The number of hydrogen-bond donors (Lipinski definition) is 0. The topological polar surface area (TPSA) is 52.4 Å². The highest BCUT2D eigenvalue weighted by molar-refractivity contribution is 9.10. The van der Waals surface area contributed by atoms with E-state index in [-0.39, 0.29) is 11.1 Å². The summed E-state index contributed by atoms with van der Waals surface area (Å²) in [7, 11) is 0. The molecule has 0 atom stereocenters. The molecule has 0 radical (unpaired) electrons. The Hall–Kier alpha value is -0.620. The zero-order valence-electron chi connectivity index (χ0n) is 12.4. The molecule has 0 fully saturated rings. The Morgan fingerprint density at radius 3 is 2.33 bits per heavy atom. The molecular formula is C15H21Br2NO3. The summed E-state index contributed by atoms with van der Waals surface area (Å²) < 4.78 is 6.53. The number of nitrogens with zero attached hydrogens (tertiary/aromatic N) is 1. The van der Waals surface area contributed by atoms with Crippen molar-refractivity contribution in [2.45, 2.75) is 39.5 Å². The predicted molar refractivity (Wildman–Crippen MR) is 92.3 cm³/mol. The van der Waals surface area contributed by atoms with Crippen molar-refractivity contribution in [2.24, 2.45) is 5.41 Å². The minimum absolute atomic E-state index is 0.0369. The van der Waals surface area contributed by atoms with Crippen molar-refractivity contribution in [3.8, 4) is 5.75 Å². The first-order valence-electron chi connectivity index (χ1n) is 7.10. The number of rotatable bonds is 9. The van der Waals surface area contributed by atoms with Crippen LogP contribution in [0.1, 0.15) is 39.5 Å². The van der Waals surface area contributed by atoms with Crippen LogP contribution in [0.5, 0.6) is 5.75 Å². The lowest BCUT2D eigenvalue weighted by Crippen LogP contribution is -2.30. The quantitative estimate of drug-likeness (QED) is 0.290. The van der Waals surface area contributed by atoms with Crippen LogP contribution in [0.3, 0.4) is 0 Å². The van der Waals surface area contributed by atoms with Crippen LogP contribution in [-0.2, 0) is 0 Å². The first-order chi connectivity index (χ1) is 9.96. The van der Waals surface area contributed by atoms with Gasteiger partial charge in [0.1, 0.15) is 5.75 Å². The van der Waals surface area contributed by atoms with E-state index in [0.717, 1.165) is 31.0 Å². The van der Waals surface area contributed by atoms with Crippen molar-refractivity contribution in [2.75, 3.05) is 11.9 Å². The fourth-order valence-corrected chi connectivity index (χ4v) is 3.66. The lowest BCUT2D eigenvalue weighted by atomic mass is 9.82. The summed E-state index contributed by atoms with van der Waals surface area (Å²) in [4.78, 5) is 10.5. The van der Waals surface area contributed by atoms with Gasteiger partial charge in [-0.05, 0) is 18.9 Å². The number of nitro groups is 1. The number of halogens is 2. The molecule has 0 saturated heterocycles. The molecule has 1 aromatic rings. The number of hydrogen-bond acceptors (Lipinski definition) is 3. The van der Waals surface area contributed by atoms with Gasteiger partial charge in [-0.25, -0.2) is 0 Å². The monoisotopic (exact) mass is 421 g/mol. The number of non-ortho nitro benzene ring substituents is 1. The molecule has 4 nitrogen and oxygen atoms in total. The maximum atomic E-state index is 10.9. The van der Waals surface area contributed by atoms with E-state index in [1.807, 2.05) is 0 Å². The third-order valence-corrected chi connectivity index (χ3v) is 5.10. The summed E-state index contributed by atoms with van der Waals surface area (Å²) in [6.07, 6.45) is 4.32. The lowest BCUT2D eigenvalue weighted by molar-refractivity contribution is -0.385. The van der Waals surface area contributed by atoms with Gasteiger partial charge in [-0.1, -0.05) is 58.5 Å². The molecule has 1 rings (SSSR count). The zero-order chi connectivity index (χ0) is 15.9. The van der Waals surface area contributed by atoms with Crippen molar-refractivity contribution in [1.29, 1.82) is 0 Å². The van der Waals surface area contributed by atoms with E-state index in [9.17, 15) is 10.1 Å². The van der Waals surface area contributed by atoms with Crippen LogP contribution in [0, 0.1) is 15.5 Å². The van der Waals surface area contributed by atoms with E-state index in [0.29, 0.717) is 16.8 Å². The Balaban J connectivity index is 2.86. The van der Waals surface area contributed by atoms with Crippen molar-refractivity contribution >= 4 is 37.5 Å². The highest BCUT2D eigenvalue weighted by atomic mass is 79.9. The average Bonchev–Trinajstić information content (AvgIpc) is 2.44. The molecule has 0 aromatic heterocycles. The maximum absolute atomic E-state index is 10.9. The average molecular weight is 423 g/mol. The van der Waals surface area contributed by atoms with E-state index in [1.54, 1.807) is 6.07 Å². The second kappa shape index (κ2) is 8.73. The largest absolute Gasteiger partial charge is 0.493 e. The second-order valence-electron chi connectivity index (χ2n) is 5.32. The van der Waals surface area contributed by atoms with Crippen LogP contribution >= 0.6 is 31.9 Å².